The van der Waals surface area contributed by atoms with Crippen LogP contribution in [0.25, 0.3) is 0 Å². The van der Waals surface area contributed by atoms with E-state index in [1.807, 2.05) is 32.9 Å². The molecule has 88 valence electrons. The third kappa shape index (κ3) is 2.53. The number of ether oxygens (including phenoxy) is 1. The molecule has 0 fully saturated rings. The summed E-state index contributed by atoms with van der Waals surface area (Å²) in [5, 5.41) is 0. The summed E-state index contributed by atoms with van der Waals surface area (Å²) in [6, 6.07) is 6.00. The molecule has 1 heterocycles. The maximum Gasteiger partial charge on any atom is 0.226 e. The number of anilines is 1. The molecule has 2 rings (SSSR count). The lowest BCUT2D eigenvalue weighted by Gasteiger charge is -2.10. The van der Waals surface area contributed by atoms with Crippen LogP contribution in [-0.4, -0.2) is 9.97 Å². The second-order valence-corrected chi connectivity index (χ2v) is 4.09. The molecule has 0 saturated heterocycles. The Kier molecular flexibility index (Phi) is 2.95. The van der Waals surface area contributed by atoms with Crippen LogP contribution in [0.1, 0.15) is 16.7 Å². The summed E-state index contributed by atoms with van der Waals surface area (Å²) in [4.78, 5) is 7.98. The van der Waals surface area contributed by atoms with Crippen LogP contribution in [0, 0.1) is 20.8 Å². The van der Waals surface area contributed by atoms with Gasteiger partial charge in [0.25, 0.3) is 0 Å². The number of hydrogen-bond donors (Lipinski definition) is 1. The summed E-state index contributed by atoms with van der Waals surface area (Å²) in [6.07, 6.45) is 1.65. The number of aryl methyl sites for hydroxylation is 3. The zero-order chi connectivity index (χ0) is 12.4. The minimum Gasteiger partial charge on any atom is -0.438 e. The van der Waals surface area contributed by atoms with E-state index in [0.29, 0.717) is 5.88 Å². The van der Waals surface area contributed by atoms with E-state index in [-0.39, 0.29) is 5.95 Å². The molecule has 0 radical (unpaired) electrons. The summed E-state index contributed by atoms with van der Waals surface area (Å²) in [7, 11) is 0. The fourth-order valence-electron chi connectivity index (χ4n) is 1.56. The van der Waals surface area contributed by atoms with Gasteiger partial charge in [-0.15, -0.1) is 0 Å². The molecule has 0 unspecified atom stereocenters. The zero-order valence-corrected chi connectivity index (χ0v) is 10.2. The number of hydrogen-bond acceptors (Lipinski definition) is 4. The fraction of sp³-hybridized carbons (Fsp3) is 0.231. The number of nitrogens with two attached hydrogens (primary N) is 1. The normalized spacial score (nSPS) is 10.3. The molecule has 0 bridgehead atoms. The predicted octanol–water partition coefficient (Wildman–Crippen LogP) is 2.78. The molecule has 0 aliphatic carbocycles. The second-order valence-electron chi connectivity index (χ2n) is 4.09. The monoisotopic (exact) mass is 229 g/mol. The van der Waals surface area contributed by atoms with Gasteiger partial charge in [0.2, 0.25) is 11.8 Å². The molecule has 0 spiro atoms. The first kappa shape index (κ1) is 11.4. The van der Waals surface area contributed by atoms with Crippen molar-refractivity contribution in [3.8, 4) is 11.6 Å². The van der Waals surface area contributed by atoms with Gasteiger partial charge < -0.3 is 10.5 Å². The zero-order valence-electron chi connectivity index (χ0n) is 10.2. The van der Waals surface area contributed by atoms with E-state index in [1.54, 1.807) is 6.20 Å². The van der Waals surface area contributed by atoms with Gasteiger partial charge in [0.05, 0.1) is 0 Å². The van der Waals surface area contributed by atoms with E-state index in [0.717, 1.165) is 16.9 Å². The van der Waals surface area contributed by atoms with Gasteiger partial charge in [-0.25, -0.2) is 4.98 Å². The van der Waals surface area contributed by atoms with Crippen molar-refractivity contribution in [2.45, 2.75) is 20.8 Å². The van der Waals surface area contributed by atoms with E-state index in [2.05, 4.69) is 16.0 Å². The molecule has 4 nitrogen and oxygen atoms in total. The van der Waals surface area contributed by atoms with Gasteiger partial charge in [-0.3, -0.25) is 0 Å². The largest absolute Gasteiger partial charge is 0.438 e. The lowest BCUT2D eigenvalue weighted by Crippen LogP contribution is -1.99. The average Bonchev–Trinajstić information content (AvgIpc) is 2.27. The molecule has 17 heavy (non-hydrogen) atoms. The highest BCUT2D eigenvalue weighted by molar-refractivity contribution is 5.40. The van der Waals surface area contributed by atoms with Crippen molar-refractivity contribution in [2.75, 3.05) is 5.73 Å². The van der Waals surface area contributed by atoms with Crippen molar-refractivity contribution >= 4 is 5.95 Å². The van der Waals surface area contributed by atoms with Crippen LogP contribution in [-0.2, 0) is 0 Å². The summed E-state index contributed by atoms with van der Waals surface area (Å²) < 4.78 is 5.74. The molecule has 2 aromatic rings. The molecule has 4 heteroatoms. The Labute approximate surface area is 100 Å². The molecule has 0 aliphatic heterocycles. The van der Waals surface area contributed by atoms with Crippen molar-refractivity contribution in [1.82, 2.24) is 9.97 Å². The van der Waals surface area contributed by atoms with Crippen molar-refractivity contribution in [3.05, 3.63) is 41.1 Å². The molecule has 0 aliphatic rings. The van der Waals surface area contributed by atoms with Gasteiger partial charge in [-0.1, -0.05) is 17.7 Å². The molecule has 0 saturated carbocycles. The third-order valence-electron chi connectivity index (χ3n) is 2.48. The van der Waals surface area contributed by atoms with Crippen molar-refractivity contribution < 1.29 is 4.74 Å². The van der Waals surface area contributed by atoms with Crippen LogP contribution in [0.2, 0.25) is 0 Å². The Bertz CT molecular complexity index is 552. The van der Waals surface area contributed by atoms with Gasteiger partial charge in [-0.05, 0) is 32.4 Å². The predicted molar refractivity (Wildman–Crippen MR) is 67.2 cm³/mol. The van der Waals surface area contributed by atoms with Gasteiger partial charge in [0.15, 0.2) is 0 Å². The van der Waals surface area contributed by atoms with Crippen molar-refractivity contribution in [2.24, 2.45) is 0 Å². The van der Waals surface area contributed by atoms with Crippen LogP contribution in [0.4, 0.5) is 5.95 Å². The van der Waals surface area contributed by atoms with Crippen molar-refractivity contribution in [3.63, 3.8) is 0 Å². The second kappa shape index (κ2) is 4.41. The molecule has 1 aromatic heterocycles. The Morgan fingerprint density at radius 3 is 2.59 bits per heavy atom. The molecule has 0 amide bonds. The number of nitrogen functional groups attached to an aromatic ring is 1. The summed E-state index contributed by atoms with van der Waals surface area (Å²) in [5.74, 6) is 1.51. The molecular weight excluding hydrogens is 214 g/mol. The molecule has 0 atom stereocenters. The average molecular weight is 229 g/mol. The Balaban J connectivity index is 2.34. The first-order chi connectivity index (χ1) is 8.06. The minimum absolute atomic E-state index is 0.218. The minimum atomic E-state index is 0.218. The number of aromatic nitrogens is 2. The topological polar surface area (TPSA) is 61.0 Å². The molecular formula is C13H15N3O. The van der Waals surface area contributed by atoms with Crippen LogP contribution in [0.3, 0.4) is 0 Å². The highest BCUT2D eigenvalue weighted by Crippen LogP contribution is 2.26. The number of benzene rings is 1. The van der Waals surface area contributed by atoms with Gasteiger partial charge in [0, 0.05) is 11.8 Å². The van der Waals surface area contributed by atoms with Gasteiger partial charge in [0.1, 0.15) is 5.75 Å². The van der Waals surface area contributed by atoms with E-state index in [4.69, 9.17) is 10.5 Å². The Morgan fingerprint density at radius 1 is 1.12 bits per heavy atom. The quantitative estimate of drug-likeness (QED) is 0.860. The highest BCUT2D eigenvalue weighted by Gasteiger charge is 2.06. The lowest BCUT2D eigenvalue weighted by atomic mass is 10.1. The SMILES string of the molecule is Cc1ccc(Oc2nc(N)ncc2C)c(C)c1. The van der Waals surface area contributed by atoms with Crippen molar-refractivity contribution in [1.29, 1.82) is 0 Å². The third-order valence-corrected chi connectivity index (χ3v) is 2.48. The van der Waals surface area contributed by atoms with E-state index in [9.17, 15) is 0 Å². The van der Waals surface area contributed by atoms with Crippen LogP contribution in [0.15, 0.2) is 24.4 Å². The number of nitrogens with zero attached hydrogens (tertiary/aromatic N) is 2. The molecule has 1 aromatic carbocycles. The Morgan fingerprint density at radius 2 is 1.88 bits per heavy atom. The van der Waals surface area contributed by atoms with Crippen LogP contribution in [0.5, 0.6) is 11.6 Å². The maximum absolute atomic E-state index is 5.74. The number of rotatable bonds is 2. The summed E-state index contributed by atoms with van der Waals surface area (Å²) in [5.41, 5.74) is 8.67. The lowest BCUT2D eigenvalue weighted by molar-refractivity contribution is 0.455. The van der Waals surface area contributed by atoms with Gasteiger partial charge >= 0.3 is 0 Å². The fourth-order valence-corrected chi connectivity index (χ4v) is 1.56. The Hall–Kier alpha value is -2.10. The first-order valence-electron chi connectivity index (χ1n) is 5.40. The first-order valence-corrected chi connectivity index (χ1v) is 5.40. The van der Waals surface area contributed by atoms with Gasteiger partial charge in [-0.2, -0.15) is 4.98 Å². The smallest absolute Gasteiger partial charge is 0.226 e. The van der Waals surface area contributed by atoms with Crippen LogP contribution >= 0.6 is 0 Å². The molecule has 2 N–H and O–H groups in total. The highest BCUT2D eigenvalue weighted by atomic mass is 16.5. The summed E-state index contributed by atoms with van der Waals surface area (Å²) in [6.45, 7) is 5.94. The van der Waals surface area contributed by atoms with Crippen LogP contribution < -0.4 is 10.5 Å². The standard InChI is InChI=1S/C13H15N3O/c1-8-4-5-11(9(2)6-8)17-12-10(3)7-15-13(14)16-12/h4-7H,1-3H3,(H2,14,15,16). The summed E-state index contributed by atoms with van der Waals surface area (Å²) >= 11 is 0. The van der Waals surface area contributed by atoms with E-state index in [1.165, 1.54) is 5.56 Å². The maximum atomic E-state index is 5.74. The van der Waals surface area contributed by atoms with E-state index >= 15 is 0 Å². The van der Waals surface area contributed by atoms with E-state index < -0.39 is 0 Å².